The van der Waals surface area contributed by atoms with E-state index in [0.29, 0.717) is 12.1 Å². The van der Waals surface area contributed by atoms with E-state index in [0.717, 1.165) is 0 Å². The van der Waals surface area contributed by atoms with Gasteiger partial charge in [-0.05, 0) is 26.0 Å². The zero-order valence-electron chi connectivity index (χ0n) is 6.92. The van der Waals surface area contributed by atoms with Gasteiger partial charge in [0.05, 0.1) is 0 Å². The van der Waals surface area contributed by atoms with Crippen molar-refractivity contribution < 1.29 is 4.79 Å². The summed E-state index contributed by atoms with van der Waals surface area (Å²) in [5.41, 5.74) is 1.89. The maximum atomic E-state index is 10.00. The Balaban J connectivity index is 4.22. The van der Waals surface area contributed by atoms with Crippen LogP contribution in [0.2, 0.25) is 0 Å². The van der Waals surface area contributed by atoms with Gasteiger partial charge in [0.15, 0.2) is 0 Å². The summed E-state index contributed by atoms with van der Waals surface area (Å²) in [6, 6.07) is 0. The monoisotopic (exact) mass is 151 g/mol. The third-order valence-corrected chi connectivity index (χ3v) is 1.04. The van der Waals surface area contributed by atoms with Crippen molar-refractivity contribution in [2.45, 2.75) is 13.8 Å². The lowest BCUT2D eigenvalue weighted by Crippen LogP contribution is -2.07. The van der Waals surface area contributed by atoms with Gasteiger partial charge in [-0.25, -0.2) is 0 Å². The summed E-state index contributed by atoms with van der Waals surface area (Å²) in [4.78, 5) is 10.00. The number of carbonyl (C=O) groups is 1. The van der Waals surface area contributed by atoms with E-state index in [4.69, 9.17) is 0 Å². The van der Waals surface area contributed by atoms with Crippen LogP contribution >= 0.6 is 0 Å². The first-order chi connectivity index (χ1) is 5.20. The topological polar surface area (TPSA) is 29.1 Å². The molecule has 1 amide bonds. The molecule has 2 nitrogen and oxygen atoms in total. The predicted molar refractivity (Wildman–Crippen MR) is 46.9 cm³/mol. The molecule has 11 heavy (non-hydrogen) atoms. The van der Waals surface area contributed by atoms with Crippen LogP contribution in [0.5, 0.6) is 0 Å². The molecular formula is C9H13NO. The lowest BCUT2D eigenvalue weighted by molar-refractivity contribution is -0.108. The van der Waals surface area contributed by atoms with Crippen molar-refractivity contribution in [1.29, 1.82) is 0 Å². The second-order valence-corrected chi connectivity index (χ2v) is 2.33. The summed E-state index contributed by atoms with van der Waals surface area (Å²) < 4.78 is 0. The van der Waals surface area contributed by atoms with Crippen LogP contribution in [-0.4, -0.2) is 6.41 Å². The van der Waals surface area contributed by atoms with Crippen LogP contribution in [0.4, 0.5) is 0 Å². The predicted octanol–water partition coefficient (Wildman–Crippen LogP) is 1.77. The molecule has 60 valence electrons. The van der Waals surface area contributed by atoms with E-state index in [1.54, 1.807) is 12.2 Å². The number of hydrogen-bond acceptors (Lipinski definition) is 1. The van der Waals surface area contributed by atoms with Crippen LogP contribution in [-0.2, 0) is 4.79 Å². The smallest absolute Gasteiger partial charge is 0.211 e. The Morgan fingerprint density at radius 3 is 2.36 bits per heavy atom. The number of carbonyl (C=O) groups excluding carboxylic acids is 1. The van der Waals surface area contributed by atoms with Crippen LogP contribution in [0.1, 0.15) is 13.8 Å². The van der Waals surface area contributed by atoms with Crippen LogP contribution in [0.25, 0.3) is 0 Å². The van der Waals surface area contributed by atoms with Gasteiger partial charge in [-0.1, -0.05) is 18.2 Å². The molecule has 0 aromatic carbocycles. The minimum absolute atomic E-state index is 0.631. The molecule has 1 N–H and O–H groups in total. The van der Waals surface area contributed by atoms with Crippen molar-refractivity contribution in [3.63, 3.8) is 0 Å². The van der Waals surface area contributed by atoms with Crippen molar-refractivity contribution in [2.75, 3.05) is 0 Å². The Bertz CT molecular complexity index is 198. The van der Waals surface area contributed by atoms with Crippen molar-refractivity contribution in [3.8, 4) is 0 Å². The Hall–Kier alpha value is -1.31. The standard InChI is InChI=1S/C9H13NO/c1-4-9(10-7-11)6-5-8(2)3/h4-7H,1H2,2-3H3,(H,10,11)/b9-6+. The van der Waals surface area contributed by atoms with Gasteiger partial charge in [-0.15, -0.1) is 0 Å². The third kappa shape index (κ3) is 5.15. The molecule has 0 unspecified atom stereocenters. The molecule has 0 aromatic heterocycles. The normalized spacial score (nSPS) is 10.2. The fourth-order valence-electron chi connectivity index (χ4n) is 0.500. The molecule has 0 aliphatic rings. The summed E-state index contributed by atoms with van der Waals surface area (Å²) >= 11 is 0. The number of hydrogen-bond donors (Lipinski definition) is 1. The molecule has 0 aliphatic heterocycles. The van der Waals surface area contributed by atoms with Crippen LogP contribution < -0.4 is 5.32 Å². The van der Waals surface area contributed by atoms with Gasteiger partial charge < -0.3 is 5.32 Å². The van der Waals surface area contributed by atoms with Gasteiger partial charge in [0, 0.05) is 5.70 Å². The van der Waals surface area contributed by atoms with E-state index < -0.39 is 0 Å². The molecule has 0 spiro atoms. The highest BCUT2D eigenvalue weighted by molar-refractivity contribution is 5.52. The molecule has 0 bridgehead atoms. The van der Waals surface area contributed by atoms with Crippen molar-refractivity contribution in [1.82, 2.24) is 5.32 Å². The van der Waals surface area contributed by atoms with Crippen molar-refractivity contribution >= 4 is 6.41 Å². The Morgan fingerprint density at radius 2 is 2.00 bits per heavy atom. The Labute approximate surface area is 67.3 Å². The van der Waals surface area contributed by atoms with E-state index in [-0.39, 0.29) is 0 Å². The second kappa shape index (κ2) is 5.47. The first-order valence-corrected chi connectivity index (χ1v) is 3.38. The van der Waals surface area contributed by atoms with E-state index >= 15 is 0 Å². The van der Waals surface area contributed by atoms with Gasteiger partial charge in [0.1, 0.15) is 0 Å². The SMILES string of the molecule is C=C/C(=C\C=C(C)C)NC=O. The third-order valence-electron chi connectivity index (χ3n) is 1.04. The van der Waals surface area contributed by atoms with Crippen LogP contribution in [0.3, 0.4) is 0 Å². The average molecular weight is 151 g/mol. The highest BCUT2D eigenvalue weighted by Crippen LogP contribution is 1.94. The molecular weight excluding hydrogens is 138 g/mol. The van der Waals surface area contributed by atoms with E-state index in [1.807, 2.05) is 19.9 Å². The number of rotatable bonds is 4. The van der Waals surface area contributed by atoms with Gasteiger partial charge in [-0.2, -0.15) is 0 Å². The molecule has 0 rings (SSSR count). The van der Waals surface area contributed by atoms with E-state index in [2.05, 4.69) is 11.9 Å². The maximum absolute atomic E-state index is 10.00. The summed E-state index contributed by atoms with van der Waals surface area (Å²) in [5, 5.41) is 2.51. The zero-order valence-corrected chi connectivity index (χ0v) is 6.92. The highest BCUT2D eigenvalue weighted by Gasteiger charge is 1.83. The minimum Gasteiger partial charge on any atom is -0.329 e. The van der Waals surface area contributed by atoms with Crippen molar-refractivity contribution in [3.05, 3.63) is 36.1 Å². The van der Waals surface area contributed by atoms with E-state index in [1.165, 1.54) is 5.57 Å². The first-order valence-electron chi connectivity index (χ1n) is 3.38. The number of amides is 1. The minimum atomic E-state index is 0.631. The van der Waals surface area contributed by atoms with Crippen molar-refractivity contribution in [2.24, 2.45) is 0 Å². The second-order valence-electron chi connectivity index (χ2n) is 2.33. The van der Waals surface area contributed by atoms with Gasteiger partial charge in [-0.3, -0.25) is 4.79 Å². The maximum Gasteiger partial charge on any atom is 0.211 e. The molecule has 0 radical (unpaired) electrons. The quantitative estimate of drug-likeness (QED) is 0.481. The summed E-state index contributed by atoms with van der Waals surface area (Å²) in [5.74, 6) is 0. The fourth-order valence-corrected chi connectivity index (χ4v) is 0.500. The lowest BCUT2D eigenvalue weighted by atomic mass is 10.3. The molecule has 0 saturated carbocycles. The lowest BCUT2D eigenvalue weighted by Gasteiger charge is -1.95. The molecule has 0 saturated heterocycles. The summed E-state index contributed by atoms with van der Waals surface area (Å²) in [6.45, 7) is 7.51. The molecule has 2 heteroatoms. The first kappa shape index (κ1) is 9.69. The van der Waals surface area contributed by atoms with E-state index in [9.17, 15) is 4.79 Å². The van der Waals surface area contributed by atoms with Crippen LogP contribution in [0, 0.1) is 0 Å². The molecule has 0 fully saturated rings. The average Bonchev–Trinajstić information content (AvgIpc) is 1.97. The fraction of sp³-hybridized carbons (Fsp3) is 0.222. The molecule has 0 aliphatic carbocycles. The van der Waals surface area contributed by atoms with Crippen LogP contribution in [0.15, 0.2) is 36.1 Å². The van der Waals surface area contributed by atoms with Gasteiger partial charge in [0.2, 0.25) is 6.41 Å². The molecule has 0 atom stereocenters. The number of nitrogens with one attached hydrogen (secondary N) is 1. The molecule has 0 aromatic rings. The van der Waals surface area contributed by atoms with Gasteiger partial charge >= 0.3 is 0 Å². The Kier molecular flexibility index (Phi) is 4.82. The highest BCUT2D eigenvalue weighted by atomic mass is 16.1. The summed E-state index contributed by atoms with van der Waals surface area (Å²) in [7, 11) is 0. The largest absolute Gasteiger partial charge is 0.329 e. The van der Waals surface area contributed by atoms with Gasteiger partial charge in [0.25, 0.3) is 0 Å². The molecule has 0 heterocycles. The number of allylic oxidation sites excluding steroid dienone is 4. The zero-order chi connectivity index (χ0) is 8.69. The summed E-state index contributed by atoms with van der Waals surface area (Å²) in [6.07, 6.45) is 5.93. The Morgan fingerprint density at radius 1 is 1.36 bits per heavy atom.